The molecule has 132 valence electrons. The largest absolute Gasteiger partial charge is 0.332 e. The van der Waals surface area contributed by atoms with E-state index >= 15 is 0 Å². The van der Waals surface area contributed by atoms with Crippen molar-refractivity contribution >= 4 is 21.9 Å². The van der Waals surface area contributed by atoms with E-state index in [9.17, 15) is 13.2 Å². The normalized spacial score (nSPS) is 22.6. The molecule has 0 unspecified atom stereocenters. The average molecular weight is 350 g/mol. The zero-order chi connectivity index (χ0) is 17.6. The standard InChI is InChI=1S/C18H26N2O3S/c1-3-12-20(13-7-10-16-8-5-4-6-9-16)17(21)19-18(2)11-14-24(22,23)15-18/h4-10H,3,11-15H2,1-2H3,(H,19,21)/b10-7+/t18-/m0/s1. The van der Waals surface area contributed by atoms with E-state index in [4.69, 9.17) is 0 Å². The molecule has 1 N–H and O–H groups in total. The smallest absolute Gasteiger partial charge is 0.318 e. The number of rotatable bonds is 6. The number of urea groups is 1. The molecule has 1 heterocycles. The number of benzene rings is 1. The summed E-state index contributed by atoms with van der Waals surface area (Å²) in [5.41, 5.74) is 0.425. The number of sulfone groups is 1. The van der Waals surface area contributed by atoms with Gasteiger partial charge in [0.15, 0.2) is 9.84 Å². The predicted molar refractivity (Wildman–Crippen MR) is 97.5 cm³/mol. The van der Waals surface area contributed by atoms with Crippen molar-refractivity contribution in [1.82, 2.24) is 10.2 Å². The Morgan fingerprint density at radius 3 is 2.62 bits per heavy atom. The zero-order valence-corrected chi connectivity index (χ0v) is 15.2. The van der Waals surface area contributed by atoms with Crippen LogP contribution in [0.2, 0.25) is 0 Å². The van der Waals surface area contributed by atoms with Gasteiger partial charge in [0.2, 0.25) is 0 Å². The second-order valence-electron chi connectivity index (χ2n) is 6.59. The lowest BCUT2D eigenvalue weighted by molar-refractivity contribution is 0.192. The zero-order valence-electron chi connectivity index (χ0n) is 14.4. The summed E-state index contributed by atoms with van der Waals surface area (Å²) >= 11 is 0. The van der Waals surface area contributed by atoms with Gasteiger partial charge in [-0.2, -0.15) is 0 Å². The number of hydrogen-bond acceptors (Lipinski definition) is 3. The minimum atomic E-state index is -3.04. The van der Waals surface area contributed by atoms with Gasteiger partial charge < -0.3 is 10.2 Å². The summed E-state index contributed by atoms with van der Waals surface area (Å²) in [4.78, 5) is 14.3. The SMILES string of the molecule is CCCN(C/C=C/c1ccccc1)C(=O)N[C@@]1(C)CCS(=O)(=O)C1. The second kappa shape index (κ2) is 7.83. The molecule has 0 bridgehead atoms. The Hall–Kier alpha value is -1.82. The van der Waals surface area contributed by atoms with E-state index in [0.29, 0.717) is 19.5 Å². The summed E-state index contributed by atoms with van der Waals surface area (Å²) < 4.78 is 23.4. The molecule has 1 aromatic rings. The van der Waals surface area contributed by atoms with Crippen LogP contribution in [0.15, 0.2) is 36.4 Å². The second-order valence-corrected chi connectivity index (χ2v) is 8.78. The van der Waals surface area contributed by atoms with E-state index in [1.165, 1.54) is 0 Å². The lowest BCUT2D eigenvalue weighted by Gasteiger charge is -2.29. The van der Waals surface area contributed by atoms with Gasteiger partial charge in [0, 0.05) is 13.1 Å². The van der Waals surface area contributed by atoms with Gasteiger partial charge in [-0.1, -0.05) is 49.4 Å². The number of hydrogen-bond donors (Lipinski definition) is 1. The Bertz CT molecular complexity index is 685. The van der Waals surface area contributed by atoms with Gasteiger partial charge in [-0.25, -0.2) is 13.2 Å². The van der Waals surface area contributed by atoms with Gasteiger partial charge in [-0.15, -0.1) is 0 Å². The van der Waals surface area contributed by atoms with Crippen molar-refractivity contribution in [3.8, 4) is 0 Å². The highest BCUT2D eigenvalue weighted by Gasteiger charge is 2.40. The number of nitrogens with zero attached hydrogens (tertiary/aromatic N) is 1. The minimum Gasteiger partial charge on any atom is -0.332 e. The predicted octanol–water partition coefficient (Wildman–Crippen LogP) is 2.70. The molecule has 0 radical (unpaired) electrons. The molecule has 2 rings (SSSR count). The highest BCUT2D eigenvalue weighted by atomic mass is 32.2. The highest BCUT2D eigenvalue weighted by molar-refractivity contribution is 7.91. The fourth-order valence-corrected chi connectivity index (χ4v) is 4.97. The summed E-state index contributed by atoms with van der Waals surface area (Å²) in [6, 6.07) is 9.71. The molecule has 1 atom stereocenters. The fraction of sp³-hybridized carbons (Fsp3) is 0.500. The molecule has 1 aromatic carbocycles. The van der Waals surface area contributed by atoms with Gasteiger partial charge in [0.1, 0.15) is 0 Å². The lowest BCUT2D eigenvalue weighted by atomic mass is 10.0. The van der Waals surface area contributed by atoms with Crippen molar-refractivity contribution in [2.45, 2.75) is 32.2 Å². The van der Waals surface area contributed by atoms with Crippen LogP contribution in [0.25, 0.3) is 6.08 Å². The number of amides is 2. The third kappa shape index (κ3) is 5.37. The van der Waals surface area contributed by atoms with Crippen LogP contribution >= 0.6 is 0 Å². The Morgan fingerprint density at radius 1 is 1.33 bits per heavy atom. The molecule has 6 heteroatoms. The van der Waals surface area contributed by atoms with Gasteiger partial charge >= 0.3 is 6.03 Å². The maximum atomic E-state index is 12.5. The first-order chi connectivity index (χ1) is 11.3. The molecule has 2 amide bonds. The van der Waals surface area contributed by atoms with Crippen LogP contribution in [0.3, 0.4) is 0 Å². The first-order valence-corrected chi connectivity index (χ1v) is 10.1. The summed E-state index contributed by atoms with van der Waals surface area (Å²) in [7, 11) is -3.04. The van der Waals surface area contributed by atoms with Gasteiger partial charge in [-0.3, -0.25) is 0 Å². The number of nitrogens with one attached hydrogen (secondary N) is 1. The molecule has 24 heavy (non-hydrogen) atoms. The molecule has 5 nitrogen and oxygen atoms in total. The lowest BCUT2D eigenvalue weighted by Crippen LogP contribution is -2.52. The Balaban J connectivity index is 1.96. The third-order valence-corrected chi connectivity index (χ3v) is 6.03. The van der Waals surface area contributed by atoms with E-state index in [0.717, 1.165) is 12.0 Å². The van der Waals surface area contributed by atoms with E-state index in [1.54, 1.807) is 11.8 Å². The van der Waals surface area contributed by atoms with Crippen LogP contribution in [0.1, 0.15) is 32.3 Å². The Morgan fingerprint density at radius 2 is 2.04 bits per heavy atom. The molecule has 0 saturated carbocycles. The van der Waals surface area contributed by atoms with Crippen molar-refractivity contribution in [3.63, 3.8) is 0 Å². The fourth-order valence-electron chi connectivity index (χ4n) is 2.87. The summed E-state index contributed by atoms with van der Waals surface area (Å²) in [6.07, 6.45) is 5.26. The third-order valence-electron chi connectivity index (χ3n) is 4.13. The van der Waals surface area contributed by atoms with Crippen LogP contribution in [-0.2, 0) is 9.84 Å². The molecule has 1 fully saturated rings. The first kappa shape index (κ1) is 18.5. The molecule has 0 aromatic heterocycles. The highest BCUT2D eigenvalue weighted by Crippen LogP contribution is 2.23. The van der Waals surface area contributed by atoms with Crippen molar-refractivity contribution < 1.29 is 13.2 Å². The van der Waals surface area contributed by atoms with E-state index in [-0.39, 0.29) is 17.5 Å². The van der Waals surface area contributed by atoms with Crippen molar-refractivity contribution in [2.24, 2.45) is 0 Å². The molecule has 1 aliphatic heterocycles. The summed E-state index contributed by atoms with van der Waals surface area (Å²) in [5.74, 6) is 0.164. The van der Waals surface area contributed by atoms with Crippen LogP contribution in [0.5, 0.6) is 0 Å². The Labute approximate surface area is 144 Å². The molecule has 1 aliphatic rings. The minimum absolute atomic E-state index is 0.0194. The Kier molecular flexibility index (Phi) is 6.04. The molecular weight excluding hydrogens is 324 g/mol. The average Bonchev–Trinajstić information content (AvgIpc) is 2.80. The van der Waals surface area contributed by atoms with Gasteiger partial charge in [0.25, 0.3) is 0 Å². The van der Waals surface area contributed by atoms with Crippen LogP contribution in [0.4, 0.5) is 4.79 Å². The van der Waals surface area contributed by atoms with Crippen LogP contribution in [-0.4, -0.2) is 49.5 Å². The van der Waals surface area contributed by atoms with E-state index < -0.39 is 15.4 Å². The maximum absolute atomic E-state index is 12.5. The van der Waals surface area contributed by atoms with Crippen molar-refractivity contribution in [3.05, 3.63) is 42.0 Å². The number of carbonyl (C=O) groups excluding carboxylic acids is 1. The van der Waals surface area contributed by atoms with Gasteiger partial charge in [0.05, 0.1) is 17.0 Å². The maximum Gasteiger partial charge on any atom is 0.318 e. The van der Waals surface area contributed by atoms with E-state index in [2.05, 4.69) is 5.32 Å². The number of carbonyl (C=O) groups is 1. The molecule has 0 spiro atoms. The van der Waals surface area contributed by atoms with Gasteiger partial charge in [-0.05, 0) is 25.3 Å². The van der Waals surface area contributed by atoms with Crippen molar-refractivity contribution in [2.75, 3.05) is 24.6 Å². The summed E-state index contributed by atoms with van der Waals surface area (Å²) in [6.45, 7) is 4.95. The molecule has 1 saturated heterocycles. The van der Waals surface area contributed by atoms with Crippen LogP contribution < -0.4 is 5.32 Å². The van der Waals surface area contributed by atoms with Crippen molar-refractivity contribution in [1.29, 1.82) is 0 Å². The first-order valence-electron chi connectivity index (χ1n) is 8.33. The summed E-state index contributed by atoms with van der Waals surface area (Å²) in [5, 5.41) is 2.92. The molecule has 0 aliphatic carbocycles. The monoisotopic (exact) mass is 350 g/mol. The molecular formula is C18H26N2O3S. The van der Waals surface area contributed by atoms with E-state index in [1.807, 2.05) is 49.4 Å². The van der Waals surface area contributed by atoms with Crippen LogP contribution in [0, 0.1) is 0 Å². The quantitative estimate of drug-likeness (QED) is 0.858. The topological polar surface area (TPSA) is 66.5 Å².